The summed E-state index contributed by atoms with van der Waals surface area (Å²) in [4.78, 5) is 28.7. The molecular weight excluding hydrogens is 446 g/mol. The van der Waals surface area contributed by atoms with Crippen LogP contribution in [0.3, 0.4) is 0 Å². The van der Waals surface area contributed by atoms with E-state index in [9.17, 15) is 22.4 Å². The molecule has 1 aliphatic rings. The topological polar surface area (TPSA) is 142 Å². The van der Waals surface area contributed by atoms with Crippen molar-refractivity contribution in [1.82, 2.24) is 25.3 Å². The summed E-state index contributed by atoms with van der Waals surface area (Å²) in [6.45, 7) is 0.00777. The Morgan fingerprint density at radius 2 is 1.97 bits per heavy atom. The minimum Gasteiger partial charge on any atom is -0.465 e. The summed E-state index contributed by atoms with van der Waals surface area (Å²) in [7, 11) is 0. The van der Waals surface area contributed by atoms with Crippen LogP contribution in [0, 0.1) is 12.7 Å². The van der Waals surface area contributed by atoms with Crippen LogP contribution in [0.15, 0.2) is 24.4 Å². The van der Waals surface area contributed by atoms with Gasteiger partial charge in [-0.3, -0.25) is 4.79 Å². The third-order valence-corrected chi connectivity index (χ3v) is 4.92. The van der Waals surface area contributed by atoms with Crippen LogP contribution < -0.4 is 21.5 Å². The average molecular weight is 463 g/mol. The first-order valence-corrected chi connectivity index (χ1v) is 9.57. The summed E-state index contributed by atoms with van der Waals surface area (Å²) in [5.74, 6) is -1.96. The monoisotopic (exact) mass is 463 g/mol. The van der Waals surface area contributed by atoms with E-state index in [2.05, 4.69) is 30.0 Å². The number of benzene rings is 1. The van der Waals surface area contributed by atoms with Crippen LogP contribution in [0.1, 0.15) is 33.4 Å². The second-order valence-corrected chi connectivity index (χ2v) is 7.30. The number of carbonyl (C=O) groups excluding carboxylic acids is 1. The lowest BCUT2D eigenvalue weighted by Gasteiger charge is -2.27. The largest absolute Gasteiger partial charge is 0.465 e. The number of nitrogens with zero attached hydrogens (tertiary/aromatic N) is 4. The summed E-state index contributed by atoms with van der Waals surface area (Å²) < 4.78 is 56.4. The van der Waals surface area contributed by atoms with Gasteiger partial charge in [-0.15, -0.1) is 0 Å². The lowest BCUT2D eigenvalue weighted by molar-refractivity contribution is -0.154. The highest BCUT2D eigenvalue weighted by Crippen LogP contribution is 2.34. The number of alkyl halides is 3. The molecule has 0 bridgehead atoms. The van der Waals surface area contributed by atoms with Crippen LogP contribution in [0.25, 0.3) is 11.3 Å². The molecule has 1 aromatic carbocycles. The number of amides is 1. The van der Waals surface area contributed by atoms with Crippen LogP contribution in [-0.2, 0) is 6.42 Å². The van der Waals surface area contributed by atoms with Crippen LogP contribution in [0.5, 0.6) is 5.88 Å². The molecule has 5 N–H and O–H groups in total. The van der Waals surface area contributed by atoms with Gasteiger partial charge in [-0.2, -0.15) is 13.2 Å². The zero-order valence-corrected chi connectivity index (χ0v) is 17.1. The summed E-state index contributed by atoms with van der Waals surface area (Å²) in [6.07, 6.45) is -3.22. The first-order chi connectivity index (χ1) is 15.5. The van der Waals surface area contributed by atoms with Crippen LogP contribution in [0.2, 0.25) is 0 Å². The molecule has 33 heavy (non-hydrogen) atoms. The van der Waals surface area contributed by atoms with Gasteiger partial charge in [-0.25, -0.2) is 24.3 Å². The van der Waals surface area contributed by atoms with Crippen molar-refractivity contribution >= 4 is 17.7 Å². The third-order valence-electron chi connectivity index (χ3n) is 4.92. The highest BCUT2D eigenvalue weighted by molar-refractivity contribution is 5.98. The molecule has 0 radical (unpaired) electrons. The maximum atomic E-state index is 14.1. The first kappa shape index (κ1) is 22.2. The molecule has 172 valence electrons. The fraction of sp³-hybridized carbons (Fsp3) is 0.250. The van der Waals surface area contributed by atoms with Crippen molar-refractivity contribution in [2.75, 3.05) is 18.1 Å². The number of rotatable bonds is 4. The molecule has 0 saturated heterocycles. The minimum absolute atomic E-state index is 0.00861. The number of nitrogens with two attached hydrogens (primary N) is 2. The molecule has 0 aliphatic carbocycles. The van der Waals surface area contributed by atoms with Gasteiger partial charge in [0.25, 0.3) is 11.8 Å². The Morgan fingerprint density at radius 3 is 2.70 bits per heavy atom. The Labute approximate surface area is 184 Å². The summed E-state index contributed by atoms with van der Waals surface area (Å²) >= 11 is 0. The van der Waals surface area contributed by atoms with Gasteiger partial charge >= 0.3 is 6.18 Å². The van der Waals surface area contributed by atoms with Crippen molar-refractivity contribution < 1.29 is 27.1 Å². The van der Waals surface area contributed by atoms with Crippen molar-refractivity contribution in [3.63, 3.8) is 0 Å². The van der Waals surface area contributed by atoms with Crippen molar-refractivity contribution in [3.05, 3.63) is 52.7 Å². The van der Waals surface area contributed by atoms with Gasteiger partial charge in [0.15, 0.2) is 12.4 Å². The molecule has 3 heterocycles. The highest BCUT2D eigenvalue weighted by Gasteiger charge is 2.32. The van der Waals surface area contributed by atoms with Crippen LogP contribution >= 0.6 is 0 Å². The Morgan fingerprint density at radius 1 is 1.21 bits per heavy atom. The lowest BCUT2D eigenvalue weighted by atomic mass is 9.90. The molecule has 1 amide bonds. The zero-order valence-electron chi connectivity index (χ0n) is 17.1. The number of carbonyl (C=O) groups is 1. The smallest absolute Gasteiger partial charge is 0.422 e. The Bertz CT molecular complexity index is 1250. The number of aromatic nitrogens is 4. The molecule has 1 atom stereocenters. The van der Waals surface area contributed by atoms with Gasteiger partial charge in [-0.1, -0.05) is 6.07 Å². The molecule has 0 spiro atoms. The van der Waals surface area contributed by atoms with Gasteiger partial charge in [0, 0.05) is 12.0 Å². The van der Waals surface area contributed by atoms with E-state index in [1.165, 1.54) is 18.3 Å². The van der Waals surface area contributed by atoms with Gasteiger partial charge < -0.3 is 21.5 Å². The van der Waals surface area contributed by atoms with Gasteiger partial charge in [0.1, 0.15) is 5.82 Å². The fourth-order valence-electron chi connectivity index (χ4n) is 3.58. The number of fused-ring (bicyclic) bond motifs is 1. The lowest BCUT2D eigenvalue weighted by Crippen LogP contribution is -2.37. The van der Waals surface area contributed by atoms with E-state index in [1.54, 1.807) is 6.92 Å². The average Bonchev–Trinajstić information content (AvgIpc) is 2.71. The van der Waals surface area contributed by atoms with Crippen molar-refractivity contribution in [2.45, 2.75) is 25.6 Å². The predicted molar refractivity (Wildman–Crippen MR) is 108 cm³/mol. The molecular formula is C20H17F4N7O2. The molecule has 1 aliphatic heterocycles. The molecule has 4 rings (SSSR count). The third kappa shape index (κ3) is 4.61. The molecule has 13 heteroatoms. The molecule has 0 saturated carbocycles. The molecule has 2 aromatic heterocycles. The number of halogens is 4. The maximum Gasteiger partial charge on any atom is 0.422 e. The molecule has 0 unspecified atom stereocenters. The van der Waals surface area contributed by atoms with Crippen LogP contribution in [-0.4, -0.2) is 38.6 Å². The van der Waals surface area contributed by atoms with Crippen molar-refractivity contribution in [3.8, 4) is 17.1 Å². The first-order valence-electron chi connectivity index (χ1n) is 9.57. The minimum atomic E-state index is -4.62. The summed E-state index contributed by atoms with van der Waals surface area (Å²) in [6, 6.07) is 3.09. The maximum absolute atomic E-state index is 14.1. The van der Waals surface area contributed by atoms with Crippen molar-refractivity contribution in [2.24, 2.45) is 0 Å². The highest BCUT2D eigenvalue weighted by atomic mass is 19.4. The Balaban J connectivity index is 1.75. The molecule has 9 nitrogen and oxygen atoms in total. The summed E-state index contributed by atoms with van der Waals surface area (Å²) in [5, 5.41) is 2.81. The zero-order chi connectivity index (χ0) is 23.9. The molecule has 0 fully saturated rings. The second-order valence-electron chi connectivity index (χ2n) is 7.30. The van der Waals surface area contributed by atoms with E-state index < -0.39 is 36.4 Å². The predicted octanol–water partition coefficient (Wildman–Crippen LogP) is 2.51. The van der Waals surface area contributed by atoms with Crippen molar-refractivity contribution in [1.29, 1.82) is 0 Å². The van der Waals surface area contributed by atoms with Gasteiger partial charge in [0.05, 0.1) is 34.9 Å². The van der Waals surface area contributed by atoms with Gasteiger partial charge in [0.2, 0.25) is 5.95 Å². The van der Waals surface area contributed by atoms with Gasteiger partial charge in [-0.05, 0) is 24.6 Å². The number of nitrogen functional groups attached to an aromatic ring is 2. The number of aryl methyl sites for hydroxylation is 1. The SMILES string of the molecule is Cc1nc(N)nc2c1C(=O)N[C@@H](c1ccc(F)cc1-c1cnc(N)c(OCC(F)(F)F)n1)C2. The Kier molecular flexibility index (Phi) is 5.47. The summed E-state index contributed by atoms with van der Waals surface area (Å²) in [5.41, 5.74) is 13.1. The quantitative estimate of drug-likeness (QED) is 0.501. The van der Waals surface area contributed by atoms with E-state index in [0.717, 1.165) is 6.07 Å². The molecule has 3 aromatic rings. The Hall–Kier alpha value is -4.03. The number of hydrogen-bond acceptors (Lipinski definition) is 8. The standard InChI is InChI=1S/C20H17F4N7O2/c1-8-15-13(31-19(26)28-8)5-12(29-17(15)32)10-3-2-9(21)4-11(10)14-6-27-16(25)18(30-14)33-7-20(22,23)24/h2-4,6,12H,5,7H2,1H3,(H2,25,27)(H,29,32)(H2,26,28,31)/t12-/m1/s1. The van der Waals surface area contributed by atoms with E-state index >= 15 is 0 Å². The van der Waals surface area contributed by atoms with E-state index in [0.29, 0.717) is 22.5 Å². The van der Waals surface area contributed by atoms with E-state index in [4.69, 9.17) is 11.5 Å². The fourth-order valence-corrected chi connectivity index (χ4v) is 3.58. The number of anilines is 2. The number of hydrogen-bond donors (Lipinski definition) is 3. The van der Waals surface area contributed by atoms with E-state index in [1.807, 2.05) is 0 Å². The van der Waals surface area contributed by atoms with E-state index in [-0.39, 0.29) is 29.4 Å². The normalized spacial score (nSPS) is 15.7. The second kappa shape index (κ2) is 8.15. The number of ether oxygens (including phenoxy) is 1. The van der Waals surface area contributed by atoms with Crippen LogP contribution in [0.4, 0.5) is 29.3 Å². The number of nitrogens with one attached hydrogen (secondary N) is 1.